The summed E-state index contributed by atoms with van der Waals surface area (Å²) >= 11 is 0. The summed E-state index contributed by atoms with van der Waals surface area (Å²) in [6.07, 6.45) is 4.48. The van der Waals surface area contributed by atoms with E-state index in [1.165, 1.54) is 6.26 Å². The number of anilines is 1. The number of hydrogen-bond acceptors (Lipinski definition) is 3. The molecule has 1 aromatic heterocycles. The van der Waals surface area contributed by atoms with Crippen LogP contribution in [0.3, 0.4) is 0 Å². The Hall–Kier alpha value is -1.25. The molecule has 0 radical (unpaired) electrons. The third-order valence-corrected chi connectivity index (χ3v) is 2.00. The Balaban J connectivity index is 2.46. The highest BCUT2D eigenvalue weighted by atomic mass is 16.3. The van der Waals surface area contributed by atoms with Crippen molar-refractivity contribution in [2.75, 3.05) is 5.73 Å². The summed E-state index contributed by atoms with van der Waals surface area (Å²) in [6.45, 7) is 0. The molecule has 0 aliphatic heterocycles. The van der Waals surface area contributed by atoms with Gasteiger partial charge in [-0.25, -0.2) is 0 Å². The SMILES string of the molecule is Nc1occ(C=O)c1C1CC1. The molecule has 1 aliphatic carbocycles. The summed E-state index contributed by atoms with van der Waals surface area (Å²) in [4.78, 5) is 10.5. The van der Waals surface area contributed by atoms with Crippen LogP contribution in [0.15, 0.2) is 10.7 Å². The van der Waals surface area contributed by atoms with Gasteiger partial charge in [0.25, 0.3) is 0 Å². The second-order valence-electron chi connectivity index (χ2n) is 2.86. The molecule has 58 valence electrons. The number of rotatable bonds is 2. The molecule has 1 fully saturated rings. The molecule has 1 saturated carbocycles. The lowest BCUT2D eigenvalue weighted by molar-refractivity contribution is 0.112. The van der Waals surface area contributed by atoms with Gasteiger partial charge in [0.15, 0.2) is 12.2 Å². The van der Waals surface area contributed by atoms with Gasteiger partial charge in [-0.1, -0.05) is 0 Å². The third-order valence-electron chi connectivity index (χ3n) is 2.00. The summed E-state index contributed by atoms with van der Waals surface area (Å²) in [5.41, 5.74) is 7.06. The Morgan fingerprint density at radius 2 is 2.36 bits per heavy atom. The smallest absolute Gasteiger partial charge is 0.194 e. The monoisotopic (exact) mass is 151 g/mol. The molecule has 0 spiro atoms. The summed E-state index contributed by atoms with van der Waals surface area (Å²) < 4.78 is 4.93. The van der Waals surface area contributed by atoms with Crippen molar-refractivity contribution in [1.29, 1.82) is 0 Å². The fraction of sp³-hybridized carbons (Fsp3) is 0.375. The summed E-state index contributed by atoms with van der Waals surface area (Å²) in [7, 11) is 0. The van der Waals surface area contributed by atoms with E-state index in [4.69, 9.17) is 10.2 Å². The number of nitrogens with two attached hydrogens (primary N) is 1. The Labute approximate surface area is 64.2 Å². The number of carbonyl (C=O) groups is 1. The summed E-state index contributed by atoms with van der Waals surface area (Å²) in [6, 6.07) is 0. The highest BCUT2D eigenvalue weighted by Gasteiger charge is 2.30. The second kappa shape index (κ2) is 2.12. The van der Waals surface area contributed by atoms with E-state index in [2.05, 4.69) is 0 Å². The first-order valence-electron chi connectivity index (χ1n) is 3.65. The van der Waals surface area contributed by atoms with Crippen LogP contribution in [0.25, 0.3) is 0 Å². The minimum atomic E-state index is 0.412. The molecule has 1 aromatic rings. The van der Waals surface area contributed by atoms with Gasteiger partial charge in [-0.2, -0.15) is 0 Å². The highest BCUT2D eigenvalue weighted by Crippen LogP contribution is 2.44. The van der Waals surface area contributed by atoms with E-state index >= 15 is 0 Å². The Bertz CT molecular complexity index is 286. The molecule has 0 bridgehead atoms. The van der Waals surface area contributed by atoms with Crippen LogP contribution in [0, 0.1) is 0 Å². The zero-order valence-corrected chi connectivity index (χ0v) is 6.04. The van der Waals surface area contributed by atoms with Crippen molar-refractivity contribution in [2.24, 2.45) is 0 Å². The number of aldehydes is 1. The summed E-state index contributed by atoms with van der Waals surface area (Å²) in [5, 5.41) is 0. The van der Waals surface area contributed by atoms with Crippen LogP contribution in [0.1, 0.15) is 34.7 Å². The van der Waals surface area contributed by atoms with Gasteiger partial charge in [0, 0.05) is 5.56 Å². The van der Waals surface area contributed by atoms with Crippen molar-refractivity contribution in [3.63, 3.8) is 0 Å². The molecule has 3 heteroatoms. The molecular weight excluding hydrogens is 142 g/mol. The van der Waals surface area contributed by atoms with E-state index in [0.717, 1.165) is 24.7 Å². The fourth-order valence-electron chi connectivity index (χ4n) is 1.30. The molecule has 0 amide bonds. The largest absolute Gasteiger partial charge is 0.448 e. The first-order chi connectivity index (χ1) is 5.33. The third kappa shape index (κ3) is 0.926. The number of nitrogen functional groups attached to an aromatic ring is 1. The molecule has 3 nitrogen and oxygen atoms in total. The van der Waals surface area contributed by atoms with Crippen molar-refractivity contribution in [3.8, 4) is 0 Å². The van der Waals surface area contributed by atoms with E-state index in [1.807, 2.05) is 0 Å². The van der Waals surface area contributed by atoms with E-state index in [1.54, 1.807) is 0 Å². The van der Waals surface area contributed by atoms with Crippen LogP contribution in [-0.4, -0.2) is 6.29 Å². The lowest BCUT2D eigenvalue weighted by Gasteiger charge is -1.92. The molecular formula is C8H9NO2. The van der Waals surface area contributed by atoms with E-state index in [9.17, 15) is 4.79 Å². The predicted molar refractivity (Wildman–Crippen MR) is 40.5 cm³/mol. The average molecular weight is 151 g/mol. The Morgan fingerprint density at radius 1 is 1.64 bits per heavy atom. The van der Waals surface area contributed by atoms with Gasteiger partial charge in [-0.15, -0.1) is 0 Å². The van der Waals surface area contributed by atoms with E-state index < -0.39 is 0 Å². The summed E-state index contributed by atoms with van der Waals surface area (Å²) in [5.74, 6) is 0.892. The topological polar surface area (TPSA) is 56.2 Å². The molecule has 1 heterocycles. The van der Waals surface area contributed by atoms with Crippen molar-refractivity contribution in [1.82, 2.24) is 0 Å². The lowest BCUT2D eigenvalue weighted by Crippen LogP contribution is -1.90. The minimum absolute atomic E-state index is 0.412. The van der Waals surface area contributed by atoms with E-state index in [0.29, 0.717) is 17.4 Å². The van der Waals surface area contributed by atoms with Crippen LogP contribution < -0.4 is 5.73 Å². The van der Waals surface area contributed by atoms with Crippen LogP contribution in [0.4, 0.5) is 5.88 Å². The quantitative estimate of drug-likeness (QED) is 0.652. The molecule has 11 heavy (non-hydrogen) atoms. The van der Waals surface area contributed by atoms with Gasteiger partial charge in [-0.3, -0.25) is 4.79 Å². The Morgan fingerprint density at radius 3 is 2.91 bits per heavy atom. The molecule has 0 atom stereocenters. The number of hydrogen-bond donors (Lipinski definition) is 1. The maximum atomic E-state index is 10.5. The molecule has 2 rings (SSSR count). The number of furan rings is 1. The predicted octanol–water partition coefficient (Wildman–Crippen LogP) is 1.55. The first-order valence-corrected chi connectivity index (χ1v) is 3.65. The molecule has 2 N–H and O–H groups in total. The van der Waals surface area contributed by atoms with Crippen molar-refractivity contribution in [2.45, 2.75) is 18.8 Å². The molecule has 0 unspecified atom stereocenters. The van der Waals surface area contributed by atoms with Crippen LogP contribution in [0.5, 0.6) is 0 Å². The van der Waals surface area contributed by atoms with Gasteiger partial charge in [0.1, 0.15) is 6.26 Å². The zero-order valence-electron chi connectivity index (χ0n) is 6.04. The first kappa shape index (κ1) is 6.46. The zero-order chi connectivity index (χ0) is 7.84. The minimum Gasteiger partial charge on any atom is -0.448 e. The molecule has 1 aliphatic rings. The normalized spacial score (nSPS) is 16.7. The van der Waals surface area contributed by atoms with Gasteiger partial charge in [-0.05, 0) is 18.8 Å². The standard InChI is InChI=1S/C8H9NO2/c9-8-7(5-1-2-5)6(3-10)4-11-8/h3-5H,1-2,9H2. The fourth-order valence-corrected chi connectivity index (χ4v) is 1.30. The molecule has 0 saturated heterocycles. The molecule has 0 aromatic carbocycles. The van der Waals surface area contributed by atoms with Crippen molar-refractivity contribution >= 4 is 12.2 Å². The maximum Gasteiger partial charge on any atom is 0.194 e. The maximum absolute atomic E-state index is 10.5. The Kier molecular flexibility index (Phi) is 1.24. The van der Waals surface area contributed by atoms with Gasteiger partial charge in [0.2, 0.25) is 0 Å². The van der Waals surface area contributed by atoms with Crippen LogP contribution in [0.2, 0.25) is 0 Å². The van der Waals surface area contributed by atoms with Gasteiger partial charge < -0.3 is 10.2 Å². The van der Waals surface area contributed by atoms with Crippen molar-refractivity contribution < 1.29 is 9.21 Å². The van der Waals surface area contributed by atoms with E-state index in [-0.39, 0.29) is 0 Å². The lowest BCUT2D eigenvalue weighted by atomic mass is 10.1. The van der Waals surface area contributed by atoms with Gasteiger partial charge >= 0.3 is 0 Å². The van der Waals surface area contributed by atoms with Crippen molar-refractivity contribution in [3.05, 3.63) is 17.4 Å². The average Bonchev–Trinajstić information content (AvgIpc) is 2.76. The van der Waals surface area contributed by atoms with Gasteiger partial charge in [0.05, 0.1) is 5.56 Å². The second-order valence-corrected chi connectivity index (χ2v) is 2.86. The number of carbonyl (C=O) groups excluding carboxylic acids is 1. The van der Waals surface area contributed by atoms with Crippen LogP contribution in [-0.2, 0) is 0 Å². The van der Waals surface area contributed by atoms with Crippen LogP contribution >= 0.6 is 0 Å². The highest BCUT2D eigenvalue weighted by molar-refractivity contribution is 5.79.